The lowest BCUT2D eigenvalue weighted by atomic mass is 10.1. The fourth-order valence-corrected chi connectivity index (χ4v) is 2.62. The molecular weight excluding hydrogens is 214 g/mol. The van der Waals surface area contributed by atoms with Crippen LogP contribution in [0.2, 0.25) is 0 Å². The molecular formula is C13H17N3O. The molecule has 0 saturated carbocycles. The molecule has 1 saturated heterocycles. The molecule has 2 aromatic rings. The zero-order valence-electron chi connectivity index (χ0n) is 10.2. The van der Waals surface area contributed by atoms with Crippen LogP contribution in [0.15, 0.2) is 22.6 Å². The molecule has 17 heavy (non-hydrogen) atoms. The molecule has 3 rings (SSSR count). The molecule has 0 radical (unpaired) electrons. The number of nitrogens with zero attached hydrogens (tertiary/aromatic N) is 2. The maximum absolute atomic E-state index is 5.79. The molecule has 1 aromatic heterocycles. The van der Waals surface area contributed by atoms with Gasteiger partial charge < -0.3 is 15.1 Å². The van der Waals surface area contributed by atoms with Crippen LogP contribution in [-0.2, 0) is 0 Å². The van der Waals surface area contributed by atoms with Crippen LogP contribution in [0.1, 0.15) is 20.3 Å². The van der Waals surface area contributed by atoms with Gasteiger partial charge in [-0.3, -0.25) is 0 Å². The molecule has 0 aliphatic carbocycles. The van der Waals surface area contributed by atoms with Crippen LogP contribution < -0.4 is 10.6 Å². The average molecular weight is 231 g/mol. The minimum Gasteiger partial charge on any atom is -0.423 e. The molecule has 0 amide bonds. The Bertz CT molecular complexity index is 549. The Labute approximate surface area is 100 Å². The van der Waals surface area contributed by atoms with E-state index >= 15 is 0 Å². The van der Waals surface area contributed by atoms with Gasteiger partial charge in [0.15, 0.2) is 5.58 Å². The van der Waals surface area contributed by atoms with Gasteiger partial charge in [0.2, 0.25) is 0 Å². The van der Waals surface area contributed by atoms with Crippen LogP contribution in [0, 0.1) is 5.92 Å². The molecule has 1 fully saturated rings. The van der Waals surface area contributed by atoms with E-state index in [1.807, 2.05) is 18.2 Å². The fraction of sp³-hybridized carbons (Fsp3) is 0.462. The van der Waals surface area contributed by atoms with Crippen LogP contribution in [0.5, 0.6) is 0 Å². The van der Waals surface area contributed by atoms with Gasteiger partial charge in [0.1, 0.15) is 5.52 Å². The Kier molecular flexibility index (Phi) is 2.24. The van der Waals surface area contributed by atoms with Crippen molar-refractivity contribution in [2.45, 2.75) is 26.3 Å². The summed E-state index contributed by atoms with van der Waals surface area (Å²) in [6.07, 6.45) is 1.20. The molecule has 2 unspecified atom stereocenters. The normalized spacial score (nSPS) is 24.7. The van der Waals surface area contributed by atoms with Crippen molar-refractivity contribution in [3.8, 4) is 0 Å². The van der Waals surface area contributed by atoms with E-state index in [0.29, 0.717) is 17.6 Å². The SMILES string of the molecule is CC1CC(C)N(c2nc3ccc(N)cc3o2)C1. The number of nitrogens with two attached hydrogens (primary N) is 1. The highest BCUT2D eigenvalue weighted by Crippen LogP contribution is 2.30. The lowest BCUT2D eigenvalue weighted by molar-refractivity contribution is 0.562. The zero-order chi connectivity index (χ0) is 12.0. The van der Waals surface area contributed by atoms with Gasteiger partial charge in [-0.2, -0.15) is 4.98 Å². The van der Waals surface area contributed by atoms with Crippen molar-refractivity contribution in [1.29, 1.82) is 0 Å². The number of nitrogen functional groups attached to an aromatic ring is 1. The molecule has 4 nitrogen and oxygen atoms in total. The number of hydrogen-bond donors (Lipinski definition) is 1. The van der Waals surface area contributed by atoms with E-state index in [1.54, 1.807) is 0 Å². The molecule has 2 N–H and O–H groups in total. The van der Waals surface area contributed by atoms with Gasteiger partial charge in [-0.05, 0) is 31.4 Å². The van der Waals surface area contributed by atoms with Crippen LogP contribution >= 0.6 is 0 Å². The molecule has 2 atom stereocenters. The Morgan fingerprint density at radius 3 is 2.94 bits per heavy atom. The Morgan fingerprint density at radius 2 is 2.24 bits per heavy atom. The van der Waals surface area contributed by atoms with Gasteiger partial charge in [-0.1, -0.05) is 6.92 Å². The predicted octanol–water partition coefficient (Wildman–Crippen LogP) is 2.64. The van der Waals surface area contributed by atoms with E-state index in [1.165, 1.54) is 6.42 Å². The van der Waals surface area contributed by atoms with Gasteiger partial charge in [-0.25, -0.2) is 0 Å². The van der Waals surface area contributed by atoms with Crippen molar-refractivity contribution < 1.29 is 4.42 Å². The summed E-state index contributed by atoms with van der Waals surface area (Å²) in [6.45, 7) is 5.49. The quantitative estimate of drug-likeness (QED) is 0.766. The smallest absolute Gasteiger partial charge is 0.298 e. The Morgan fingerprint density at radius 1 is 1.41 bits per heavy atom. The first-order chi connectivity index (χ1) is 8.13. The summed E-state index contributed by atoms with van der Waals surface area (Å²) in [5.74, 6) is 0.699. The van der Waals surface area contributed by atoms with Gasteiger partial charge in [0, 0.05) is 24.3 Å². The first kappa shape index (κ1) is 10.4. The van der Waals surface area contributed by atoms with Crippen molar-refractivity contribution in [3.63, 3.8) is 0 Å². The van der Waals surface area contributed by atoms with Crippen molar-refractivity contribution >= 4 is 22.8 Å². The van der Waals surface area contributed by atoms with Gasteiger partial charge in [-0.15, -0.1) is 0 Å². The van der Waals surface area contributed by atoms with E-state index in [9.17, 15) is 0 Å². The molecule has 1 aliphatic heterocycles. The Hall–Kier alpha value is -1.71. The summed E-state index contributed by atoms with van der Waals surface area (Å²) in [6, 6.07) is 6.81. The third-order valence-electron chi connectivity index (χ3n) is 3.43. The third kappa shape index (κ3) is 1.73. The second-order valence-electron chi connectivity index (χ2n) is 5.07. The lowest BCUT2D eigenvalue weighted by Gasteiger charge is -2.18. The van der Waals surface area contributed by atoms with Gasteiger partial charge >= 0.3 is 0 Å². The van der Waals surface area contributed by atoms with E-state index in [0.717, 1.165) is 23.7 Å². The van der Waals surface area contributed by atoms with Gasteiger partial charge in [0.05, 0.1) is 0 Å². The number of oxazole rings is 1. The van der Waals surface area contributed by atoms with E-state index in [-0.39, 0.29) is 0 Å². The van der Waals surface area contributed by atoms with Crippen LogP contribution in [-0.4, -0.2) is 17.6 Å². The number of aromatic nitrogens is 1. The highest BCUT2D eigenvalue weighted by Gasteiger charge is 2.29. The van der Waals surface area contributed by atoms with Crippen LogP contribution in [0.3, 0.4) is 0 Å². The number of anilines is 2. The number of fused-ring (bicyclic) bond motifs is 1. The summed E-state index contributed by atoms with van der Waals surface area (Å²) in [5, 5.41) is 0. The number of rotatable bonds is 1. The minimum atomic E-state index is 0.496. The molecule has 90 valence electrons. The molecule has 2 heterocycles. The molecule has 4 heteroatoms. The van der Waals surface area contributed by atoms with Crippen LogP contribution in [0.25, 0.3) is 11.1 Å². The molecule has 1 aliphatic rings. The zero-order valence-corrected chi connectivity index (χ0v) is 10.2. The number of hydrogen-bond acceptors (Lipinski definition) is 4. The maximum atomic E-state index is 5.79. The van der Waals surface area contributed by atoms with Crippen molar-refractivity contribution in [3.05, 3.63) is 18.2 Å². The number of benzene rings is 1. The standard InChI is InChI=1S/C13H17N3O/c1-8-5-9(2)16(7-8)13-15-11-4-3-10(14)6-12(11)17-13/h3-4,6,8-9H,5,7,14H2,1-2H3. The lowest BCUT2D eigenvalue weighted by Crippen LogP contribution is -2.26. The third-order valence-corrected chi connectivity index (χ3v) is 3.43. The van der Waals surface area contributed by atoms with Crippen LogP contribution in [0.4, 0.5) is 11.7 Å². The highest BCUT2D eigenvalue weighted by molar-refractivity contribution is 5.78. The first-order valence-corrected chi connectivity index (χ1v) is 6.06. The molecule has 0 bridgehead atoms. The summed E-state index contributed by atoms with van der Waals surface area (Å²) in [7, 11) is 0. The van der Waals surface area contributed by atoms with Crippen molar-refractivity contribution in [2.24, 2.45) is 5.92 Å². The topological polar surface area (TPSA) is 55.3 Å². The first-order valence-electron chi connectivity index (χ1n) is 6.06. The summed E-state index contributed by atoms with van der Waals surface area (Å²) in [4.78, 5) is 6.76. The molecule has 1 aromatic carbocycles. The highest BCUT2D eigenvalue weighted by atomic mass is 16.4. The van der Waals surface area contributed by atoms with E-state index < -0.39 is 0 Å². The van der Waals surface area contributed by atoms with Gasteiger partial charge in [0.25, 0.3) is 6.01 Å². The monoisotopic (exact) mass is 231 g/mol. The fourth-order valence-electron chi connectivity index (χ4n) is 2.62. The summed E-state index contributed by atoms with van der Waals surface area (Å²) < 4.78 is 5.79. The molecule has 0 spiro atoms. The average Bonchev–Trinajstić information content (AvgIpc) is 2.80. The summed E-state index contributed by atoms with van der Waals surface area (Å²) >= 11 is 0. The largest absolute Gasteiger partial charge is 0.423 e. The summed E-state index contributed by atoms with van der Waals surface area (Å²) in [5.41, 5.74) is 8.09. The minimum absolute atomic E-state index is 0.496. The second kappa shape index (κ2) is 3.65. The van der Waals surface area contributed by atoms with Crippen molar-refractivity contribution in [1.82, 2.24) is 4.98 Å². The van der Waals surface area contributed by atoms with E-state index in [2.05, 4.69) is 23.7 Å². The predicted molar refractivity (Wildman–Crippen MR) is 69.0 cm³/mol. The Balaban J connectivity index is 2.01. The maximum Gasteiger partial charge on any atom is 0.298 e. The van der Waals surface area contributed by atoms with Crippen molar-refractivity contribution in [2.75, 3.05) is 17.2 Å². The second-order valence-corrected chi connectivity index (χ2v) is 5.07. The van der Waals surface area contributed by atoms with E-state index in [4.69, 9.17) is 10.2 Å².